The van der Waals surface area contributed by atoms with E-state index in [-0.39, 0.29) is 5.56 Å². The van der Waals surface area contributed by atoms with Crippen molar-refractivity contribution in [3.63, 3.8) is 0 Å². The van der Waals surface area contributed by atoms with Crippen molar-refractivity contribution in [2.24, 2.45) is 0 Å². The highest BCUT2D eigenvalue weighted by Crippen LogP contribution is 2.17. The molecule has 2 aromatic carbocycles. The monoisotopic (exact) mass is 358 g/mol. The minimum absolute atomic E-state index is 0.0106. The van der Waals surface area contributed by atoms with E-state index in [1.807, 2.05) is 18.2 Å². The summed E-state index contributed by atoms with van der Waals surface area (Å²) in [7, 11) is 1.46. The van der Waals surface area contributed by atoms with Gasteiger partial charge in [0, 0.05) is 32.2 Å². The summed E-state index contributed by atoms with van der Waals surface area (Å²) in [6, 6.07) is 12.2. The molecule has 0 aromatic heterocycles. The molecule has 1 heterocycles. The lowest BCUT2D eigenvalue weighted by atomic mass is 10.1. The highest BCUT2D eigenvalue weighted by atomic mass is 19.1. The molecule has 138 valence electrons. The molecule has 0 unspecified atom stereocenters. The number of morpholine rings is 1. The van der Waals surface area contributed by atoms with Crippen molar-refractivity contribution < 1.29 is 18.7 Å². The predicted octanol–water partition coefficient (Wildman–Crippen LogP) is 2.60. The second-order valence-electron chi connectivity index (χ2n) is 6.19. The zero-order chi connectivity index (χ0) is 18.4. The second kappa shape index (κ2) is 8.78. The van der Waals surface area contributed by atoms with Gasteiger partial charge in [-0.1, -0.05) is 24.3 Å². The Hall–Kier alpha value is -2.44. The van der Waals surface area contributed by atoms with Gasteiger partial charge in [-0.3, -0.25) is 9.69 Å². The van der Waals surface area contributed by atoms with Crippen LogP contribution in [0.4, 0.5) is 4.39 Å². The van der Waals surface area contributed by atoms with Crippen LogP contribution in [0.1, 0.15) is 21.5 Å². The number of amides is 1. The van der Waals surface area contributed by atoms with E-state index in [0.717, 1.165) is 44.0 Å². The molecule has 1 amide bonds. The standard InChI is InChI=1S/C20H23FN2O3/c1-25-17-6-7-18(19(21)12-17)20(24)22-13-15-4-2-3-5-16(15)14-23-8-10-26-11-9-23/h2-7,12H,8-11,13-14H2,1H3,(H,22,24). The number of hydrogen-bond acceptors (Lipinski definition) is 4. The maximum atomic E-state index is 14.0. The minimum Gasteiger partial charge on any atom is -0.497 e. The molecule has 6 heteroatoms. The first-order chi connectivity index (χ1) is 12.7. The third-order valence-corrected chi connectivity index (χ3v) is 4.48. The molecule has 5 nitrogen and oxygen atoms in total. The molecule has 0 bridgehead atoms. The zero-order valence-corrected chi connectivity index (χ0v) is 14.8. The van der Waals surface area contributed by atoms with Crippen molar-refractivity contribution in [3.05, 3.63) is 65.0 Å². The fourth-order valence-corrected chi connectivity index (χ4v) is 2.96. The molecule has 0 radical (unpaired) electrons. The Labute approximate surface area is 152 Å². The van der Waals surface area contributed by atoms with Crippen molar-refractivity contribution >= 4 is 5.91 Å². The predicted molar refractivity (Wildman–Crippen MR) is 96.7 cm³/mol. The van der Waals surface area contributed by atoms with E-state index >= 15 is 0 Å². The van der Waals surface area contributed by atoms with Crippen LogP contribution in [0.25, 0.3) is 0 Å². The lowest BCUT2D eigenvalue weighted by molar-refractivity contribution is 0.0340. The quantitative estimate of drug-likeness (QED) is 0.862. The molecule has 0 aliphatic carbocycles. The van der Waals surface area contributed by atoms with Crippen LogP contribution in [0.3, 0.4) is 0 Å². The van der Waals surface area contributed by atoms with E-state index in [4.69, 9.17) is 9.47 Å². The van der Waals surface area contributed by atoms with Gasteiger partial charge in [0.15, 0.2) is 0 Å². The maximum absolute atomic E-state index is 14.0. The Morgan fingerprint density at radius 1 is 1.19 bits per heavy atom. The van der Waals surface area contributed by atoms with Crippen LogP contribution in [0, 0.1) is 5.82 Å². The molecular weight excluding hydrogens is 335 g/mol. The molecule has 1 aliphatic heterocycles. The van der Waals surface area contributed by atoms with Gasteiger partial charge in [-0.15, -0.1) is 0 Å². The number of hydrogen-bond donors (Lipinski definition) is 1. The van der Waals surface area contributed by atoms with E-state index in [1.54, 1.807) is 6.07 Å². The molecule has 0 saturated carbocycles. The first kappa shape index (κ1) is 18.4. The third kappa shape index (κ3) is 4.59. The summed E-state index contributed by atoms with van der Waals surface area (Å²) >= 11 is 0. The van der Waals surface area contributed by atoms with Gasteiger partial charge < -0.3 is 14.8 Å². The molecule has 3 rings (SSSR count). The summed E-state index contributed by atoms with van der Waals surface area (Å²) in [5.41, 5.74) is 2.20. The Bertz CT molecular complexity index is 760. The van der Waals surface area contributed by atoms with Gasteiger partial charge >= 0.3 is 0 Å². The van der Waals surface area contributed by atoms with Gasteiger partial charge in [0.25, 0.3) is 5.91 Å². The van der Waals surface area contributed by atoms with E-state index < -0.39 is 11.7 Å². The number of nitrogens with zero attached hydrogens (tertiary/aromatic N) is 1. The molecule has 1 N–H and O–H groups in total. The molecule has 0 spiro atoms. The number of carbonyl (C=O) groups is 1. The maximum Gasteiger partial charge on any atom is 0.254 e. The van der Waals surface area contributed by atoms with E-state index in [0.29, 0.717) is 12.3 Å². The normalized spacial score (nSPS) is 14.8. The lowest BCUT2D eigenvalue weighted by Gasteiger charge is -2.27. The van der Waals surface area contributed by atoms with Crippen LogP contribution in [-0.2, 0) is 17.8 Å². The molecule has 2 aromatic rings. The van der Waals surface area contributed by atoms with Crippen molar-refractivity contribution in [2.75, 3.05) is 33.4 Å². The fourth-order valence-electron chi connectivity index (χ4n) is 2.96. The summed E-state index contributed by atoms with van der Waals surface area (Å²) < 4.78 is 24.4. The number of benzene rings is 2. The number of nitrogens with one attached hydrogen (secondary N) is 1. The first-order valence-electron chi connectivity index (χ1n) is 8.66. The summed E-state index contributed by atoms with van der Waals surface area (Å²) in [5, 5.41) is 2.81. The number of ether oxygens (including phenoxy) is 2. The Morgan fingerprint density at radius 2 is 1.92 bits per heavy atom. The Kier molecular flexibility index (Phi) is 6.20. The highest BCUT2D eigenvalue weighted by Gasteiger charge is 2.15. The second-order valence-corrected chi connectivity index (χ2v) is 6.19. The summed E-state index contributed by atoms with van der Waals surface area (Å²) in [6.07, 6.45) is 0. The molecule has 1 fully saturated rings. The van der Waals surface area contributed by atoms with E-state index in [9.17, 15) is 9.18 Å². The van der Waals surface area contributed by atoms with Crippen LogP contribution in [0.15, 0.2) is 42.5 Å². The van der Waals surface area contributed by atoms with Crippen molar-refractivity contribution in [1.82, 2.24) is 10.2 Å². The average molecular weight is 358 g/mol. The molecule has 1 aliphatic rings. The van der Waals surface area contributed by atoms with Crippen LogP contribution in [0.2, 0.25) is 0 Å². The summed E-state index contributed by atoms with van der Waals surface area (Å²) in [4.78, 5) is 14.6. The molecule has 1 saturated heterocycles. The minimum atomic E-state index is -0.594. The van der Waals surface area contributed by atoms with Crippen LogP contribution < -0.4 is 10.1 Å². The molecular formula is C20H23FN2O3. The molecule has 26 heavy (non-hydrogen) atoms. The zero-order valence-electron chi connectivity index (χ0n) is 14.8. The smallest absolute Gasteiger partial charge is 0.254 e. The van der Waals surface area contributed by atoms with Crippen LogP contribution in [-0.4, -0.2) is 44.2 Å². The Balaban J connectivity index is 1.65. The number of methoxy groups -OCH3 is 1. The van der Waals surface area contributed by atoms with Crippen molar-refractivity contribution in [1.29, 1.82) is 0 Å². The SMILES string of the molecule is COc1ccc(C(=O)NCc2ccccc2CN2CCOCC2)c(F)c1. The lowest BCUT2D eigenvalue weighted by Crippen LogP contribution is -2.36. The number of halogens is 1. The van der Waals surface area contributed by atoms with Crippen molar-refractivity contribution in [2.45, 2.75) is 13.1 Å². The van der Waals surface area contributed by atoms with Gasteiger partial charge in [0.2, 0.25) is 0 Å². The summed E-state index contributed by atoms with van der Waals surface area (Å²) in [6.45, 7) is 4.46. The Morgan fingerprint density at radius 3 is 2.62 bits per heavy atom. The van der Waals surface area contributed by atoms with Crippen LogP contribution in [0.5, 0.6) is 5.75 Å². The fraction of sp³-hybridized carbons (Fsp3) is 0.350. The van der Waals surface area contributed by atoms with E-state index in [2.05, 4.69) is 16.3 Å². The van der Waals surface area contributed by atoms with Gasteiger partial charge in [-0.25, -0.2) is 4.39 Å². The number of carbonyl (C=O) groups excluding carboxylic acids is 1. The van der Waals surface area contributed by atoms with Crippen molar-refractivity contribution in [3.8, 4) is 5.75 Å². The van der Waals surface area contributed by atoms with Gasteiger partial charge in [-0.2, -0.15) is 0 Å². The molecule has 0 atom stereocenters. The van der Waals surface area contributed by atoms with Crippen LogP contribution >= 0.6 is 0 Å². The highest BCUT2D eigenvalue weighted by molar-refractivity contribution is 5.94. The van der Waals surface area contributed by atoms with Gasteiger partial charge in [0.05, 0.1) is 25.9 Å². The summed E-state index contributed by atoms with van der Waals surface area (Å²) in [5.74, 6) is -0.648. The average Bonchev–Trinajstić information content (AvgIpc) is 2.67. The third-order valence-electron chi connectivity index (χ3n) is 4.48. The topological polar surface area (TPSA) is 50.8 Å². The van der Waals surface area contributed by atoms with Gasteiger partial charge in [-0.05, 0) is 23.3 Å². The number of rotatable bonds is 6. The first-order valence-corrected chi connectivity index (χ1v) is 8.66. The largest absolute Gasteiger partial charge is 0.497 e. The van der Waals surface area contributed by atoms with Gasteiger partial charge in [0.1, 0.15) is 11.6 Å². The van der Waals surface area contributed by atoms with E-state index in [1.165, 1.54) is 19.2 Å².